The van der Waals surface area contributed by atoms with Crippen molar-refractivity contribution in [1.82, 2.24) is 10.6 Å². The van der Waals surface area contributed by atoms with Gasteiger partial charge in [-0.1, -0.05) is 18.2 Å². The number of hydrogen-bond acceptors (Lipinski definition) is 3. The highest BCUT2D eigenvalue weighted by molar-refractivity contribution is 14.0. The van der Waals surface area contributed by atoms with E-state index in [0.717, 1.165) is 56.8 Å². The van der Waals surface area contributed by atoms with Gasteiger partial charge in [0.05, 0.1) is 6.04 Å². The summed E-state index contributed by atoms with van der Waals surface area (Å²) in [5.74, 6) is 2.62. The first-order valence-corrected chi connectivity index (χ1v) is 9.98. The lowest BCUT2D eigenvalue weighted by Gasteiger charge is -2.38. The van der Waals surface area contributed by atoms with E-state index in [1.54, 1.807) is 0 Å². The maximum absolute atomic E-state index is 6.14. The normalized spacial score (nSPS) is 22.2. The van der Waals surface area contributed by atoms with Gasteiger partial charge >= 0.3 is 0 Å². The van der Waals surface area contributed by atoms with Crippen LogP contribution < -0.4 is 15.4 Å². The summed E-state index contributed by atoms with van der Waals surface area (Å²) in [5.41, 5.74) is 1.02. The number of nitrogens with zero attached hydrogens (tertiary/aromatic N) is 1. The number of hydrogen-bond donors (Lipinski definition) is 2. The highest BCUT2D eigenvalue weighted by atomic mass is 127. The van der Waals surface area contributed by atoms with Crippen LogP contribution in [0.4, 0.5) is 0 Å². The molecule has 152 valence electrons. The lowest BCUT2D eigenvalue weighted by Crippen LogP contribution is -2.45. The molecule has 1 saturated heterocycles. The minimum Gasteiger partial charge on any atom is -0.487 e. The summed E-state index contributed by atoms with van der Waals surface area (Å²) < 4.78 is 11.6. The maximum atomic E-state index is 6.14. The van der Waals surface area contributed by atoms with E-state index in [2.05, 4.69) is 49.6 Å². The van der Waals surface area contributed by atoms with E-state index in [4.69, 9.17) is 14.5 Å². The molecule has 5 nitrogen and oxygen atoms in total. The quantitative estimate of drug-likeness (QED) is 0.370. The van der Waals surface area contributed by atoms with Crippen LogP contribution in [-0.2, 0) is 4.74 Å². The van der Waals surface area contributed by atoms with Gasteiger partial charge < -0.3 is 20.1 Å². The smallest absolute Gasteiger partial charge is 0.191 e. The highest BCUT2D eigenvalue weighted by Gasteiger charge is 2.33. The number of para-hydroxylation sites is 1. The Morgan fingerprint density at radius 1 is 1.22 bits per heavy atom. The van der Waals surface area contributed by atoms with Crippen molar-refractivity contribution in [3.63, 3.8) is 0 Å². The Morgan fingerprint density at radius 3 is 2.70 bits per heavy atom. The molecule has 1 atom stereocenters. The number of fused-ring (bicyclic) bond motifs is 1. The number of halogens is 1. The fourth-order valence-electron chi connectivity index (χ4n) is 3.81. The van der Waals surface area contributed by atoms with Crippen molar-refractivity contribution in [2.75, 3.05) is 26.3 Å². The minimum absolute atomic E-state index is 0. The second-order valence-corrected chi connectivity index (χ2v) is 7.91. The van der Waals surface area contributed by atoms with Gasteiger partial charge in [0, 0.05) is 38.3 Å². The first-order chi connectivity index (χ1) is 12.6. The Bertz CT molecular complexity index is 615. The molecule has 6 heteroatoms. The third-order valence-corrected chi connectivity index (χ3v) is 5.18. The Kier molecular flexibility index (Phi) is 8.66. The highest BCUT2D eigenvalue weighted by Crippen LogP contribution is 2.39. The van der Waals surface area contributed by atoms with Crippen molar-refractivity contribution in [2.24, 2.45) is 10.9 Å². The number of ether oxygens (including phenoxy) is 2. The van der Waals surface area contributed by atoms with Gasteiger partial charge in [0.15, 0.2) is 5.96 Å². The predicted octanol–water partition coefficient (Wildman–Crippen LogP) is 4.28. The van der Waals surface area contributed by atoms with Crippen molar-refractivity contribution < 1.29 is 9.47 Å². The molecule has 0 amide bonds. The number of guanidine groups is 1. The zero-order chi connectivity index (χ0) is 18.4. The van der Waals surface area contributed by atoms with E-state index in [1.165, 1.54) is 18.4 Å². The predicted molar refractivity (Wildman–Crippen MR) is 121 cm³/mol. The number of nitrogens with one attached hydrogen (secondary N) is 2. The van der Waals surface area contributed by atoms with Gasteiger partial charge in [0.25, 0.3) is 0 Å². The van der Waals surface area contributed by atoms with Crippen LogP contribution in [0, 0.1) is 5.92 Å². The third-order valence-electron chi connectivity index (χ3n) is 5.18. The van der Waals surface area contributed by atoms with E-state index in [9.17, 15) is 0 Å². The summed E-state index contributed by atoms with van der Waals surface area (Å²) in [6.45, 7) is 9.92. The number of benzene rings is 1. The summed E-state index contributed by atoms with van der Waals surface area (Å²) >= 11 is 0. The van der Waals surface area contributed by atoms with E-state index in [0.29, 0.717) is 0 Å². The first kappa shape index (κ1) is 22.3. The fraction of sp³-hybridized carbons (Fsp3) is 0.667. The standard InChI is InChI=1S/C21H33N3O2.HI/c1-4-22-20(23-12-9-16-10-13-25-14-11-16)24-18-15-21(2,3)26-19-8-6-5-7-17(18)19;/h5-8,16,18H,4,9-15H2,1-3H3,(H2,22,23,24);1H. The summed E-state index contributed by atoms with van der Waals surface area (Å²) in [5, 5.41) is 7.04. The monoisotopic (exact) mass is 487 g/mol. The lowest BCUT2D eigenvalue weighted by atomic mass is 9.90. The van der Waals surface area contributed by atoms with Crippen LogP contribution in [0.2, 0.25) is 0 Å². The molecule has 0 bridgehead atoms. The molecule has 3 rings (SSSR count). The van der Waals surface area contributed by atoms with Crippen LogP contribution in [-0.4, -0.2) is 37.9 Å². The van der Waals surface area contributed by atoms with Gasteiger partial charge in [-0.3, -0.25) is 4.99 Å². The molecule has 1 unspecified atom stereocenters. The largest absolute Gasteiger partial charge is 0.487 e. The van der Waals surface area contributed by atoms with Crippen LogP contribution in [0.1, 0.15) is 58.1 Å². The van der Waals surface area contributed by atoms with E-state index < -0.39 is 0 Å². The maximum Gasteiger partial charge on any atom is 0.191 e. The van der Waals surface area contributed by atoms with Crippen molar-refractivity contribution in [2.45, 2.75) is 58.1 Å². The summed E-state index contributed by atoms with van der Waals surface area (Å²) in [6, 6.07) is 8.51. The molecule has 0 aromatic heterocycles. The summed E-state index contributed by atoms with van der Waals surface area (Å²) in [7, 11) is 0. The minimum atomic E-state index is -0.189. The second-order valence-electron chi connectivity index (χ2n) is 7.91. The first-order valence-electron chi connectivity index (χ1n) is 9.98. The van der Waals surface area contributed by atoms with Gasteiger partial charge in [0.2, 0.25) is 0 Å². The molecule has 2 aliphatic rings. The van der Waals surface area contributed by atoms with E-state index in [1.807, 2.05) is 6.07 Å². The zero-order valence-electron chi connectivity index (χ0n) is 16.8. The van der Waals surface area contributed by atoms with E-state index >= 15 is 0 Å². The van der Waals surface area contributed by atoms with Crippen LogP contribution in [0.25, 0.3) is 0 Å². The average Bonchev–Trinajstić information content (AvgIpc) is 2.62. The Labute approximate surface area is 180 Å². The molecule has 2 aliphatic heterocycles. The molecule has 1 aromatic rings. The molecule has 27 heavy (non-hydrogen) atoms. The SMILES string of the molecule is CCNC(=NCCC1CCOCC1)NC1CC(C)(C)Oc2ccccc21.I. The van der Waals surface area contributed by atoms with Crippen molar-refractivity contribution in [1.29, 1.82) is 0 Å². The molecule has 0 saturated carbocycles. The Balaban J connectivity index is 0.00000261. The number of aliphatic imine (C=N–C) groups is 1. The Hall–Kier alpha value is -1.02. The number of rotatable bonds is 5. The molecular weight excluding hydrogens is 453 g/mol. The average molecular weight is 487 g/mol. The van der Waals surface area contributed by atoms with E-state index in [-0.39, 0.29) is 35.6 Å². The van der Waals surface area contributed by atoms with Gasteiger partial charge in [-0.15, -0.1) is 24.0 Å². The zero-order valence-corrected chi connectivity index (χ0v) is 19.1. The summed E-state index contributed by atoms with van der Waals surface area (Å²) in [4.78, 5) is 4.84. The van der Waals surface area contributed by atoms with Crippen LogP contribution in [0.3, 0.4) is 0 Å². The summed E-state index contributed by atoms with van der Waals surface area (Å²) in [6.07, 6.45) is 4.38. The van der Waals surface area contributed by atoms with Crippen molar-refractivity contribution in [3.05, 3.63) is 29.8 Å². The molecule has 0 aliphatic carbocycles. The van der Waals surface area contributed by atoms with Crippen molar-refractivity contribution in [3.8, 4) is 5.75 Å². The van der Waals surface area contributed by atoms with Crippen LogP contribution >= 0.6 is 24.0 Å². The molecule has 1 fully saturated rings. The van der Waals surface area contributed by atoms with Gasteiger partial charge in [0.1, 0.15) is 11.4 Å². The lowest BCUT2D eigenvalue weighted by molar-refractivity contribution is 0.0646. The third kappa shape index (κ3) is 6.52. The molecule has 2 N–H and O–H groups in total. The van der Waals surface area contributed by atoms with Gasteiger partial charge in [-0.25, -0.2) is 0 Å². The van der Waals surface area contributed by atoms with Crippen molar-refractivity contribution >= 4 is 29.9 Å². The molecule has 2 heterocycles. The Morgan fingerprint density at radius 2 is 1.96 bits per heavy atom. The van der Waals surface area contributed by atoms with Crippen LogP contribution in [0.5, 0.6) is 5.75 Å². The van der Waals surface area contributed by atoms with Gasteiger partial charge in [-0.05, 0) is 52.0 Å². The topological polar surface area (TPSA) is 54.9 Å². The fourth-order valence-corrected chi connectivity index (χ4v) is 3.81. The molecular formula is C21H34IN3O2. The molecule has 1 aromatic carbocycles. The molecule has 0 radical (unpaired) electrons. The second kappa shape index (κ2) is 10.5. The molecule has 0 spiro atoms. The van der Waals surface area contributed by atoms with Crippen LogP contribution in [0.15, 0.2) is 29.3 Å². The van der Waals surface area contributed by atoms with Gasteiger partial charge in [-0.2, -0.15) is 0 Å².